The lowest BCUT2D eigenvalue weighted by atomic mass is 10.1. The van der Waals surface area contributed by atoms with Crippen LogP contribution in [0.3, 0.4) is 0 Å². The maximum Gasteiger partial charge on any atom is 0.330 e. The third kappa shape index (κ3) is 4.00. The largest absolute Gasteiger partial charge is 0.394 e. The SMILES string of the molecule is O=c1ccn([C@@H]2O[C@H](CO[C@H]3[C@@H](O)[C@H](n4cnc5c(=O)[nH]cnc54)O[C@@H]3CO)[C@@H](O)[C@H]2O)c(=O)[nH]1. The van der Waals surface area contributed by atoms with Crippen molar-refractivity contribution in [1.82, 2.24) is 29.1 Å². The normalized spacial score (nSPS) is 33.0. The van der Waals surface area contributed by atoms with Crippen molar-refractivity contribution in [1.29, 1.82) is 0 Å². The summed E-state index contributed by atoms with van der Waals surface area (Å²) >= 11 is 0. The monoisotopic (exact) mass is 494 g/mol. The zero-order valence-electron chi connectivity index (χ0n) is 17.9. The molecule has 0 amide bonds. The van der Waals surface area contributed by atoms with Crippen LogP contribution in [-0.2, 0) is 14.2 Å². The van der Waals surface area contributed by atoms with E-state index in [0.717, 1.165) is 16.8 Å². The molecule has 0 radical (unpaired) electrons. The topological polar surface area (TPSA) is 227 Å². The van der Waals surface area contributed by atoms with Crippen molar-refractivity contribution in [2.45, 2.75) is 49.1 Å². The first-order chi connectivity index (χ1) is 16.8. The van der Waals surface area contributed by atoms with Gasteiger partial charge in [-0.2, -0.15) is 0 Å². The fourth-order valence-electron chi connectivity index (χ4n) is 4.28. The molecule has 188 valence electrons. The molecule has 2 fully saturated rings. The Morgan fingerprint density at radius 3 is 2.49 bits per heavy atom. The van der Waals surface area contributed by atoms with Crippen LogP contribution in [0.15, 0.2) is 39.3 Å². The molecule has 0 saturated carbocycles. The maximum absolute atomic E-state index is 12.0. The van der Waals surface area contributed by atoms with E-state index in [4.69, 9.17) is 14.2 Å². The number of aromatic amines is 2. The van der Waals surface area contributed by atoms with E-state index < -0.39 is 72.5 Å². The second kappa shape index (κ2) is 9.08. The minimum absolute atomic E-state index is 0.0354. The van der Waals surface area contributed by atoms with Gasteiger partial charge in [0.15, 0.2) is 23.6 Å². The second-order valence-corrected chi connectivity index (χ2v) is 8.16. The highest BCUT2D eigenvalue weighted by Gasteiger charge is 2.48. The van der Waals surface area contributed by atoms with E-state index in [1.54, 1.807) is 0 Å². The molecule has 2 aliphatic rings. The van der Waals surface area contributed by atoms with Crippen molar-refractivity contribution in [2.24, 2.45) is 0 Å². The lowest BCUT2D eigenvalue weighted by molar-refractivity contribution is -0.111. The average molecular weight is 494 g/mol. The summed E-state index contributed by atoms with van der Waals surface area (Å²) in [5, 5.41) is 41.4. The van der Waals surface area contributed by atoms with Gasteiger partial charge in [0.05, 0.1) is 25.9 Å². The van der Waals surface area contributed by atoms with Crippen LogP contribution in [0.4, 0.5) is 0 Å². The van der Waals surface area contributed by atoms with Gasteiger partial charge in [-0.15, -0.1) is 0 Å². The standard InChI is InChI=1S/C19H22N6O10/c26-3-7-14(13(30)18(34-7)25-6-22-10-15(25)20-5-21-16(10)31)33-4-8-11(28)12(29)17(35-8)24-2-1-9(27)23-19(24)32/h1-2,5-8,11-14,17-18,26,28-30H,3-4H2,(H,20,21,31)(H,23,27,32)/t7-,8-,11-,12-,13-,14-,17-,18-/m1/s1. The number of imidazole rings is 1. The maximum atomic E-state index is 12.0. The Hall–Kier alpha value is -3.25. The molecule has 0 aliphatic carbocycles. The molecular weight excluding hydrogens is 472 g/mol. The predicted molar refractivity (Wildman–Crippen MR) is 112 cm³/mol. The zero-order valence-corrected chi connectivity index (χ0v) is 17.9. The van der Waals surface area contributed by atoms with Crippen LogP contribution < -0.4 is 16.8 Å². The van der Waals surface area contributed by atoms with Gasteiger partial charge in [0.25, 0.3) is 11.1 Å². The highest BCUT2D eigenvalue weighted by atomic mass is 16.6. The molecule has 2 saturated heterocycles. The minimum Gasteiger partial charge on any atom is -0.394 e. The summed E-state index contributed by atoms with van der Waals surface area (Å²) in [7, 11) is 0. The lowest BCUT2D eigenvalue weighted by Gasteiger charge is -2.23. The van der Waals surface area contributed by atoms with Crippen LogP contribution in [-0.4, -0.2) is 99.3 Å². The fraction of sp³-hybridized carbons (Fsp3) is 0.526. The number of nitrogens with zero attached hydrogens (tertiary/aromatic N) is 4. The van der Waals surface area contributed by atoms with Gasteiger partial charge in [-0.3, -0.25) is 23.7 Å². The van der Waals surface area contributed by atoms with Gasteiger partial charge in [-0.05, 0) is 0 Å². The number of hydrogen-bond acceptors (Lipinski definition) is 12. The number of aliphatic hydroxyl groups excluding tert-OH is 4. The molecule has 5 rings (SSSR count). The van der Waals surface area contributed by atoms with Crippen LogP contribution in [0.25, 0.3) is 11.2 Å². The summed E-state index contributed by atoms with van der Waals surface area (Å²) in [6.45, 7) is -0.866. The number of H-pyrrole nitrogens is 2. The Morgan fingerprint density at radius 2 is 1.74 bits per heavy atom. The number of hydrogen-bond donors (Lipinski definition) is 6. The Bertz CT molecular complexity index is 1380. The first-order valence-corrected chi connectivity index (χ1v) is 10.6. The number of fused-ring (bicyclic) bond motifs is 1. The fourth-order valence-corrected chi connectivity index (χ4v) is 4.28. The lowest BCUT2D eigenvalue weighted by Crippen LogP contribution is -2.40. The van der Waals surface area contributed by atoms with Crippen molar-refractivity contribution >= 4 is 11.2 Å². The summed E-state index contributed by atoms with van der Waals surface area (Å²) < 4.78 is 19.3. The number of aliphatic hydroxyl groups is 4. The van der Waals surface area contributed by atoms with Crippen molar-refractivity contribution in [2.75, 3.05) is 13.2 Å². The molecular formula is C19H22N6O10. The van der Waals surface area contributed by atoms with Crippen LogP contribution >= 0.6 is 0 Å². The van der Waals surface area contributed by atoms with Gasteiger partial charge in [0.1, 0.15) is 36.6 Å². The molecule has 5 heterocycles. The molecule has 0 unspecified atom stereocenters. The van der Waals surface area contributed by atoms with E-state index in [1.807, 2.05) is 4.98 Å². The molecule has 16 heteroatoms. The molecule has 2 aliphatic heterocycles. The quantitative estimate of drug-likeness (QED) is 0.192. The van der Waals surface area contributed by atoms with Crippen LogP contribution in [0.1, 0.15) is 12.5 Å². The first kappa shape index (κ1) is 23.5. The van der Waals surface area contributed by atoms with E-state index in [9.17, 15) is 34.8 Å². The molecule has 6 N–H and O–H groups in total. The van der Waals surface area contributed by atoms with Gasteiger partial charge in [-0.1, -0.05) is 0 Å². The van der Waals surface area contributed by atoms with Crippen LogP contribution in [0.2, 0.25) is 0 Å². The van der Waals surface area contributed by atoms with Gasteiger partial charge in [0, 0.05) is 12.3 Å². The van der Waals surface area contributed by atoms with Gasteiger partial charge >= 0.3 is 5.69 Å². The molecule has 0 bridgehead atoms. The Labute approximate surface area is 194 Å². The van der Waals surface area contributed by atoms with Crippen molar-refractivity contribution in [3.8, 4) is 0 Å². The smallest absolute Gasteiger partial charge is 0.330 e. The Morgan fingerprint density at radius 1 is 1.00 bits per heavy atom. The summed E-state index contributed by atoms with van der Waals surface area (Å²) in [5.41, 5.74) is -1.76. The van der Waals surface area contributed by atoms with Crippen molar-refractivity contribution in [3.05, 3.63) is 56.1 Å². The third-order valence-corrected chi connectivity index (χ3v) is 6.04. The van der Waals surface area contributed by atoms with Gasteiger partial charge < -0.3 is 39.6 Å². The summed E-state index contributed by atoms with van der Waals surface area (Å²) in [6, 6.07) is 1.06. The summed E-state index contributed by atoms with van der Waals surface area (Å²) in [4.78, 5) is 47.7. The molecule has 8 atom stereocenters. The summed E-state index contributed by atoms with van der Waals surface area (Å²) in [5.74, 6) is 0. The Kier molecular flexibility index (Phi) is 6.09. The molecule has 35 heavy (non-hydrogen) atoms. The van der Waals surface area contributed by atoms with Crippen LogP contribution in [0.5, 0.6) is 0 Å². The van der Waals surface area contributed by atoms with E-state index in [2.05, 4.69) is 15.0 Å². The summed E-state index contributed by atoms with van der Waals surface area (Å²) in [6.07, 6.45) is -6.33. The van der Waals surface area contributed by atoms with E-state index in [1.165, 1.54) is 17.2 Å². The highest BCUT2D eigenvalue weighted by Crippen LogP contribution is 2.34. The second-order valence-electron chi connectivity index (χ2n) is 8.16. The molecule has 0 spiro atoms. The number of rotatable bonds is 6. The Balaban J connectivity index is 1.31. The predicted octanol–water partition coefficient (Wildman–Crippen LogP) is -4.08. The van der Waals surface area contributed by atoms with Gasteiger partial charge in [-0.25, -0.2) is 14.8 Å². The number of aromatic nitrogens is 6. The van der Waals surface area contributed by atoms with E-state index >= 15 is 0 Å². The first-order valence-electron chi connectivity index (χ1n) is 10.6. The number of ether oxygens (including phenoxy) is 3. The molecule has 16 nitrogen and oxygen atoms in total. The highest BCUT2D eigenvalue weighted by molar-refractivity contribution is 5.68. The van der Waals surface area contributed by atoms with E-state index in [-0.39, 0.29) is 17.8 Å². The van der Waals surface area contributed by atoms with Crippen molar-refractivity contribution in [3.63, 3.8) is 0 Å². The van der Waals surface area contributed by atoms with Crippen molar-refractivity contribution < 1.29 is 34.6 Å². The number of nitrogens with one attached hydrogen (secondary N) is 2. The minimum atomic E-state index is -1.51. The van der Waals surface area contributed by atoms with Crippen LogP contribution in [0, 0.1) is 0 Å². The molecule has 3 aromatic heterocycles. The van der Waals surface area contributed by atoms with E-state index in [0.29, 0.717) is 0 Å². The molecule has 3 aromatic rings. The average Bonchev–Trinajstić information content (AvgIpc) is 3.48. The zero-order chi connectivity index (χ0) is 24.9. The molecule has 0 aromatic carbocycles. The van der Waals surface area contributed by atoms with Gasteiger partial charge in [0.2, 0.25) is 0 Å². The third-order valence-electron chi connectivity index (χ3n) is 6.04.